The van der Waals surface area contributed by atoms with Crippen molar-refractivity contribution in [2.24, 2.45) is 5.92 Å². The molecular formula is C22H29NO. The van der Waals surface area contributed by atoms with Crippen LogP contribution in [0.15, 0.2) is 60.7 Å². The first kappa shape index (κ1) is 18.4. The zero-order chi connectivity index (χ0) is 17.6. The summed E-state index contributed by atoms with van der Waals surface area (Å²) in [6, 6.07) is 20.6. The summed E-state index contributed by atoms with van der Waals surface area (Å²) in [4.78, 5) is 15.6. The van der Waals surface area contributed by atoms with E-state index in [4.69, 9.17) is 0 Å². The Morgan fingerprint density at radius 1 is 0.958 bits per heavy atom. The number of benzene rings is 2. The van der Waals surface area contributed by atoms with Gasteiger partial charge in [0.1, 0.15) is 5.78 Å². The molecule has 0 aromatic heterocycles. The Labute approximate surface area is 146 Å². The largest absolute Gasteiger partial charge is 0.309 e. The molecular weight excluding hydrogens is 294 g/mol. The van der Waals surface area contributed by atoms with E-state index in [-0.39, 0.29) is 5.92 Å². The van der Waals surface area contributed by atoms with Gasteiger partial charge in [-0.05, 0) is 37.6 Å². The number of carbonyl (C=O) groups is 1. The van der Waals surface area contributed by atoms with Gasteiger partial charge in [0.25, 0.3) is 0 Å². The molecule has 0 heterocycles. The van der Waals surface area contributed by atoms with E-state index < -0.39 is 5.41 Å². The molecule has 0 aliphatic rings. The molecule has 0 aliphatic heterocycles. The standard InChI is InChI=1S/C22H29NO/c1-5-12-21(24)22(18(2)17-23(3)4,19-13-8-6-9-14-19)20-15-10-7-11-16-20/h6-11,13-16,18H,5,12,17H2,1-4H3. The van der Waals surface area contributed by atoms with Crippen molar-refractivity contribution in [1.29, 1.82) is 0 Å². The van der Waals surface area contributed by atoms with Gasteiger partial charge in [-0.2, -0.15) is 0 Å². The highest BCUT2D eigenvalue weighted by atomic mass is 16.1. The molecule has 0 radical (unpaired) electrons. The molecule has 128 valence electrons. The normalized spacial score (nSPS) is 13.0. The molecule has 0 N–H and O–H groups in total. The van der Waals surface area contributed by atoms with Crippen molar-refractivity contribution in [1.82, 2.24) is 4.90 Å². The maximum absolute atomic E-state index is 13.5. The fraction of sp³-hybridized carbons (Fsp3) is 0.409. The van der Waals surface area contributed by atoms with Crippen LogP contribution in [0.5, 0.6) is 0 Å². The van der Waals surface area contributed by atoms with Gasteiger partial charge in [-0.3, -0.25) is 4.79 Å². The average Bonchev–Trinajstić information content (AvgIpc) is 2.57. The van der Waals surface area contributed by atoms with Crippen LogP contribution in [0.4, 0.5) is 0 Å². The predicted octanol–water partition coefficient (Wildman–Crippen LogP) is 4.54. The summed E-state index contributed by atoms with van der Waals surface area (Å²) in [5, 5.41) is 0. The van der Waals surface area contributed by atoms with Crippen LogP contribution in [0.1, 0.15) is 37.8 Å². The summed E-state index contributed by atoms with van der Waals surface area (Å²) in [5.74, 6) is 0.494. The molecule has 2 aromatic rings. The zero-order valence-electron chi connectivity index (χ0n) is 15.3. The van der Waals surface area contributed by atoms with E-state index in [2.05, 4.69) is 57.1 Å². The third-order valence-corrected chi connectivity index (χ3v) is 4.75. The SMILES string of the molecule is CCCC(=O)C(c1ccccc1)(c1ccccc1)C(C)CN(C)C. The predicted molar refractivity (Wildman–Crippen MR) is 101 cm³/mol. The minimum atomic E-state index is -0.594. The third-order valence-electron chi connectivity index (χ3n) is 4.75. The molecule has 2 aromatic carbocycles. The maximum Gasteiger partial charge on any atom is 0.148 e. The zero-order valence-corrected chi connectivity index (χ0v) is 15.3. The van der Waals surface area contributed by atoms with Crippen LogP contribution >= 0.6 is 0 Å². The van der Waals surface area contributed by atoms with Crippen LogP contribution < -0.4 is 0 Å². The van der Waals surface area contributed by atoms with E-state index in [0.717, 1.165) is 24.1 Å². The number of nitrogens with zero attached hydrogens (tertiary/aromatic N) is 1. The smallest absolute Gasteiger partial charge is 0.148 e. The first-order valence-corrected chi connectivity index (χ1v) is 8.82. The van der Waals surface area contributed by atoms with E-state index in [1.54, 1.807) is 0 Å². The Bertz CT molecular complexity index is 594. The van der Waals surface area contributed by atoms with Gasteiger partial charge in [0, 0.05) is 13.0 Å². The molecule has 0 fully saturated rings. The number of ketones is 1. The Balaban J connectivity index is 2.70. The molecule has 2 rings (SSSR count). The third kappa shape index (κ3) is 3.59. The highest BCUT2D eigenvalue weighted by molar-refractivity contribution is 5.94. The summed E-state index contributed by atoms with van der Waals surface area (Å²) in [7, 11) is 4.14. The van der Waals surface area contributed by atoms with Crippen LogP contribution in [0.25, 0.3) is 0 Å². The molecule has 2 nitrogen and oxygen atoms in total. The van der Waals surface area contributed by atoms with Gasteiger partial charge in [-0.1, -0.05) is 74.5 Å². The number of hydrogen-bond donors (Lipinski definition) is 0. The van der Waals surface area contributed by atoms with E-state index >= 15 is 0 Å². The summed E-state index contributed by atoms with van der Waals surface area (Å²) >= 11 is 0. The van der Waals surface area contributed by atoms with Crippen molar-refractivity contribution in [3.8, 4) is 0 Å². The van der Waals surface area contributed by atoms with E-state index in [1.165, 1.54) is 0 Å². The number of hydrogen-bond acceptors (Lipinski definition) is 2. The lowest BCUT2D eigenvalue weighted by Crippen LogP contribution is -2.46. The summed E-state index contributed by atoms with van der Waals surface area (Å²) in [6.07, 6.45) is 1.47. The number of carbonyl (C=O) groups excluding carboxylic acids is 1. The molecule has 0 saturated heterocycles. The van der Waals surface area contributed by atoms with E-state index in [1.807, 2.05) is 36.4 Å². The van der Waals surface area contributed by atoms with Crippen LogP contribution in [-0.4, -0.2) is 31.3 Å². The molecule has 0 bridgehead atoms. The van der Waals surface area contributed by atoms with E-state index in [0.29, 0.717) is 12.2 Å². The monoisotopic (exact) mass is 323 g/mol. The van der Waals surface area contributed by atoms with Crippen molar-refractivity contribution >= 4 is 5.78 Å². The summed E-state index contributed by atoms with van der Waals surface area (Å²) in [5.41, 5.74) is 1.61. The van der Waals surface area contributed by atoms with Crippen molar-refractivity contribution in [2.45, 2.75) is 32.1 Å². The number of Topliss-reactive ketones (excluding diaryl/α,β-unsaturated/α-hetero) is 1. The molecule has 24 heavy (non-hydrogen) atoms. The second-order valence-corrected chi connectivity index (χ2v) is 6.88. The lowest BCUT2D eigenvalue weighted by molar-refractivity contribution is -0.125. The minimum Gasteiger partial charge on any atom is -0.309 e. The first-order valence-electron chi connectivity index (χ1n) is 8.82. The average molecular weight is 323 g/mol. The Morgan fingerprint density at radius 3 is 1.79 bits per heavy atom. The number of rotatable bonds is 8. The van der Waals surface area contributed by atoms with Crippen molar-refractivity contribution in [3.05, 3.63) is 71.8 Å². The molecule has 1 unspecified atom stereocenters. The Morgan fingerprint density at radius 2 is 1.42 bits per heavy atom. The second kappa shape index (κ2) is 8.25. The Hall–Kier alpha value is -1.93. The lowest BCUT2D eigenvalue weighted by Gasteiger charge is -2.40. The molecule has 0 amide bonds. The highest BCUT2D eigenvalue weighted by Gasteiger charge is 2.45. The molecule has 0 spiro atoms. The van der Waals surface area contributed by atoms with Crippen molar-refractivity contribution in [3.63, 3.8) is 0 Å². The van der Waals surface area contributed by atoms with Crippen LogP contribution in [0, 0.1) is 5.92 Å². The van der Waals surface area contributed by atoms with Gasteiger partial charge in [-0.15, -0.1) is 0 Å². The van der Waals surface area contributed by atoms with Gasteiger partial charge in [0.05, 0.1) is 5.41 Å². The maximum atomic E-state index is 13.5. The van der Waals surface area contributed by atoms with Crippen LogP contribution in [0.2, 0.25) is 0 Å². The topological polar surface area (TPSA) is 20.3 Å². The molecule has 0 saturated carbocycles. The van der Waals surface area contributed by atoms with Crippen molar-refractivity contribution in [2.75, 3.05) is 20.6 Å². The Kier molecular flexibility index (Phi) is 6.33. The van der Waals surface area contributed by atoms with Crippen LogP contribution in [0.3, 0.4) is 0 Å². The molecule has 1 atom stereocenters. The van der Waals surface area contributed by atoms with Gasteiger partial charge in [-0.25, -0.2) is 0 Å². The fourth-order valence-corrected chi connectivity index (χ4v) is 3.84. The van der Waals surface area contributed by atoms with Gasteiger partial charge >= 0.3 is 0 Å². The fourth-order valence-electron chi connectivity index (χ4n) is 3.84. The van der Waals surface area contributed by atoms with Gasteiger partial charge in [0.2, 0.25) is 0 Å². The highest BCUT2D eigenvalue weighted by Crippen LogP contribution is 2.41. The van der Waals surface area contributed by atoms with E-state index in [9.17, 15) is 4.79 Å². The second-order valence-electron chi connectivity index (χ2n) is 6.88. The van der Waals surface area contributed by atoms with Crippen LogP contribution in [-0.2, 0) is 10.2 Å². The summed E-state index contributed by atoms with van der Waals surface area (Å²) in [6.45, 7) is 5.14. The lowest BCUT2D eigenvalue weighted by atomic mass is 9.62. The summed E-state index contributed by atoms with van der Waals surface area (Å²) < 4.78 is 0. The van der Waals surface area contributed by atoms with Crippen molar-refractivity contribution < 1.29 is 4.79 Å². The quantitative estimate of drug-likeness (QED) is 0.711. The van der Waals surface area contributed by atoms with Gasteiger partial charge in [0.15, 0.2) is 0 Å². The minimum absolute atomic E-state index is 0.177. The molecule has 0 aliphatic carbocycles. The first-order chi connectivity index (χ1) is 11.5. The van der Waals surface area contributed by atoms with Gasteiger partial charge < -0.3 is 4.90 Å². The molecule has 2 heteroatoms.